The van der Waals surface area contributed by atoms with E-state index in [4.69, 9.17) is 9.63 Å². The van der Waals surface area contributed by atoms with Gasteiger partial charge in [0.2, 0.25) is 0 Å². The van der Waals surface area contributed by atoms with Crippen molar-refractivity contribution in [2.24, 2.45) is 0 Å². The molecule has 0 aliphatic carbocycles. The molecule has 0 fully saturated rings. The Balaban J connectivity index is 1.87. The van der Waals surface area contributed by atoms with Crippen molar-refractivity contribution in [3.63, 3.8) is 0 Å². The maximum atomic E-state index is 12.1. The minimum absolute atomic E-state index is 0.127. The quantitative estimate of drug-likeness (QED) is 0.762. The maximum Gasteiger partial charge on any atom is 0.339 e. The number of carbonyl (C=O) groups is 2. The molecule has 8 heteroatoms. The largest absolute Gasteiger partial charge is 0.478 e. The van der Waals surface area contributed by atoms with E-state index in [0.29, 0.717) is 22.8 Å². The first-order chi connectivity index (χ1) is 11.5. The molecule has 0 saturated carbocycles. The van der Waals surface area contributed by atoms with E-state index < -0.39 is 11.9 Å². The summed E-state index contributed by atoms with van der Waals surface area (Å²) in [6.45, 7) is 3.37. The third-order valence-corrected chi connectivity index (χ3v) is 3.45. The molecule has 2 aromatic heterocycles. The predicted molar refractivity (Wildman–Crippen MR) is 84.5 cm³/mol. The van der Waals surface area contributed by atoms with Crippen molar-refractivity contribution in [3.8, 4) is 5.69 Å². The van der Waals surface area contributed by atoms with Gasteiger partial charge in [0.1, 0.15) is 11.3 Å². The van der Waals surface area contributed by atoms with Crippen LogP contribution in [0.15, 0.2) is 41.1 Å². The Bertz CT molecular complexity index is 926. The normalized spacial score (nSPS) is 10.6. The number of benzene rings is 1. The van der Waals surface area contributed by atoms with Crippen molar-refractivity contribution in [2.45, 2.75) is 13.8 Å². The lowest BCUT2D eigenvalue weighted by molar-refractivity contribution is 0.0696. The molecule has 8 nitrogen and oxygen atoms in total. The molecule has 0 unspecified atom stereocenters. The van der Waals surface area contributed by atoms with Crippen LogP contribution in [0.4, 0.5) is 5.69 Å². The summed E-state index contributed by atoms with van der Waals surface area (Å²) in [5, 5.41) is 19.6. The highest BCUT2D eigenvalue weighted by molar-refractivity contribution is 6.02. The van der Waals surface area contributed by atoms with Crippen molar-refractivity contribution < 1.29 is 19.2 Å². The van der Waals surface area contributed by atoms with Crippen molar-refractivity contribution in [2.75, 3.05) is 5.32 Å². The lowest BCUT2D eigenvalue weighted by Gasteiger charge is -2.08. The van der Waals surface area contributed by atoms with Gasteiger partial charge in [-0.3, -0.25) is 4.79 Å². The van der Waals surface area contributed by atoms with Crippen molar-refractivity contribution in [1.82, 2.24) is 14.9 Å². The topological polar surface area (TPSA) is 110 Å². The summed E-state index contributed by atoms with van der Waals surface area (Å²) in [5.74, 6) is -0.890. The average molecular weight is 326 g/mol. The van der Waals surface area contributed by atoms with E-state index >= 15 is 0 Å². The Morgan fingerprint density at radius 1 is 1.25 bits per heavy atom. The number of carboxylic acid groups (broad SMARTS) is 1. The first kappa shape index (κ1) is 15.5. The Kier molecular flexibility index (Phi) is 3.87. The molecule has 0 radical (unpaired) electrons. The van der Waals surface area contributed by atoms with Gasteiger partial charge in [0.05, 0.1) is 17.6 Å². The third kappa shape index (κ3) is 2.89. The molecule has 1 amide bonds. The van der Waals surface area contributed by atoms with E-state index in [9.17, 15) is 9.59 Å². The smallest absolute Gasteiger partial charge is 0.339 e. The minimum Gasteiger partial charge on any atom is -0.478 e. The highest BCUT2D eigenvalue weighted by atomic mass is 16.5. The van der Waals surface area contributed by atoms with Gasteiger partial charge in [0.25, 0.3) is 5.91 Å². The number of rotatable bonds is 4. The van der Waals surface area contributed by atoms with Gasteiger partial charge in [0.15, 0.2) is 5.69 Å². The molecule has 0 saturated heterocycles. The average Bonchev–Trinajstić information content (AvgIpc) is 3.13. The van der Waals surface area contributed by atoms with E-state index in [1.165, 1.54) is 16.9 Å². The number of amides is 1. The van der Waals surface area contributed by atoms with Gasteiger partial charge in [-0.25, -0.2) is 9.48 Å². The van der Waals surface area contributed by atoms with Crippen molar-refractivity contribution in [1.29, 1.82) is 0 Å². The van der Waals surface area contributed by atoms with Gasteiger partial charge in [0, 0.05) is 11.8 Å². The predicted octanol–water partition coefficient (Wildman–Crippen LogP) is 2.43. The van der Waals surface area contributed by atoms with Crippen LogP contribution in [0.25, 0.3) is 5.69 Å². The molecule has 2 N–H and O–H groups in total. The van der Waals surface area contributed by atoms with Gasteiger partial charge < -0.3 is 14.9 Å². The van der Waals surface area contributed by atoms with Gasteiger partial charge in [-0.2, -0.15) is 5.10 Å². The second-order valence-corrected chi connectivity index (χ2v) is 5.19. The number of nitrogens with one attached hydrogen (secondary N) is 1. The van der Waals surface area contributed by atoms with E-state index in [1.54, 1.807) is 38.1 Å². The number of hydrogen-bond acceptors (Lipinski definition) is 5. The van der Waals surface area contributed by atoms with Crippen LogP contribution in [0, 0.1) is 13.8 Å². The summed E-state index contributed by atoms with van der Waals surface area (Å²) in [6, 6.07) is 8.44. The van der Waals surface area contributed by atoms with E-state index in [-0.39, 0.29) is 11.3 Å². The molecule has 0 bridgehead atoms. The standard InChI is InChI=1S/C16H14N4O4/c1-9-6-14(19-24-9)15(21)18-11-4-3-5-12(7-11)20-10(2)13(8-17-20)16(22)23/h3-8H,1-2H3,(H,18,21)(H,22,23). The zero-order chi connectivity index (χ0) is 17.3. The van der Waals surface area contributed by atoms with Crippen molar-refractivity contribution in [3.05, 3.63) is 59.2 Å². The van der Waals surface area contributed by atoms with Gasteiger partial charge in [-0.15, -0.1) is 0 Å². The molecule has 24 heavy (non-hydrogen) atoms. The van der Waals surface area contributed by atoms with Crippen LogP contribution >= 0.6 is 0 Å². The first-order valence-corrected chi connectivity index (χ1v) is 7.08. The van der Waals surface area contributed by atoms with Gasteiger partial charge in [-0.1, -0.05) is 11.2 Å². The van der Waals surface area contributed by atoms with E-state index in [0.717, 1.165) is 0 Å². The SMILES string of the molecule is Cc1cc(C(=O)Nc2cccc(-n3ncc(C(=O)O)c3C)c2)no1. The fraction of sp³-hybridized carbons (Fsp3) is 0.125. The molecule has 3 aromatic rings. The number of nitrogens with zero attached hydrogens (tertiary/aromatic N) is 3. The Morgan fingerprint density at radius 2 is 2.04 bits per heavy atom. The maximum absolute atomic E-state index is 12.1. The monoisotopic (exact) mass is 326 g/mol. The zero-order valence-electron chi connectivity index (χ0n) is 13.0. The van der Waals surface area contributed by atoms with Crippen LogP contribution in [-0.4, -0.2) is 31.9 Å². The van der Waals surface area contributed by atoms with E-state index in [2.05, 4.69) is 15.6 Å². The molecule has 0 spiro atoms. The van der Waals surface area contributed by atoms with Gasteiger partial charge >= 0.3 is 5.97 Å². The number of aromatic nitrogens is 3. The molecule has 122 valence electrons. The summed E-state index contributed by atoms with van der Waals surface area (Å²) in [5.41, 5.74) is 1.97. The van der Waals surface area contributed by atoms with Crippen LogP contribution in [0.2, 0.25) is 0 Å². The fourth-order valence-corrected chi connectivity index (χ4v) is 2.26. The molecule has 0 aliphatic heterocycles. The first-order valence-electron chi connectivity index (χ1n) is 7.08. The number of aromatic carboxylic acids is 1. The lowest BCUT2D eigenvalue weighted by Crippen LogP contribution is -2.12. The second kappa shape index (κ2) is 5.99. The molecule has 0 aliphatic rings. The fourth-order valence-electron chi connectivity index (χ4n) is 2.26. The Morgan fingerprint density at radius 3 is 2.67 bits per heavy atom. The number of aryl methyl sites for hydroxylation is 1. The number of anilines is 1. The summed E-state index contributed by atoms with van der Waals surface area (Å²) in [4.78, 5) is 23.2. The number of carboxylic acids is 1. The van der Waals surface area contributed by atoms with Crippen LogP contribution in [0.3, 0.4) is 0 Å². The van der Waals surface area contributed by atoms with E-state index in [1.807, 2.05) is 0 Å². The Labute approximate surface area is 136 Å². The second-order valence-electron chi connectivity index (χ2n) is 5.19. The summed E-state index contributed by atoms with van der Waals surface area (Å²) >= 11 is 0. The minimum atomic E-state index is -1.04. The molecule has 0 atom stereocenters. The highest BCUT2D eigenvalue weighted by Crippen LogP contribution is 2.18. The number of carbonyl (C=O) groups excluding carboxylic acids is 1. The summed E-state index contributed by atoms with van der Waals surface area (Å²) in [7, 11) is 0. The molecular formula is C16H14N4O4. The zero-order valence-corrected chi connectivity index (χ0v) is 13.0. The molecule has 1 aromatic carbocycles. The van der Waals surface area contributed by atoms with Crippen LogP contribution < -0.4 is 5.32 Å². The number of hydrogen-bond donors (Lipinski definition) is 2. The van der Waals surface area contributed by atoms with Crippen LogP contribution in [-0.2, 0) is 0 Å². The summed E-state index contributed by atoms with van der Waals surface area (Å²) in [6.07, 6.45) is 1.29. The molecule has 3 rings (SSSR count). The van der Waals surface area contributed by atoms with Crippen LogP contribution in [0.1, 0.15) is 32.3 Å². The highest BCUT2D eigenvalue weighted by Gasteiger charge is 2.15. The van der Waals surface area contributed by atoms with Crippen LogP contribution in [0.5, 0.6) is 0 Å². The lowest BCUT2D eigenvalue weighted by atomic mass is 10.2. The van der Waals surface area contributed by atoms with Gasteiger partial charge in [-0.05, 0) is 32.0 Å². The molecular weight excluding hydrogens is 312 g/mol. The third-order valence-electron chi connectivity index (χ3n) is 3.45. The Hall–Kier alpha value is -3.42. The van der Waals surface area contributed by atoms with Crippen molar-refractivity contribution >= 4 is 17.6 Å². The molecule has 2 heterocycles. The summed E-state index contributed by atoms with van der Waals surface area (Å²) < 4.78 is 6.38.